The summed E-state index contributed by atoms with van der Waals surface area (Å²) in [6, 6.07) is 7.90. The van der Waals surface area contributed by atoms with Gasteiger partial charge in [0, 0.05) is 11.9 Å². The van der Waals surface area contributed by atoms with Crippen LogP contribution in [0.15, 0.2) is 34.9 Å². The van der Waals surface area contributed by atoms with Gasteiger partial charge in [-0.2, -0.15) is 0 Å². The van der Waals surface area contributed by atoms with Crippen LogP contribution in [0, 0.1) is 0 Å². The quantitative estimate of drug-likeness (QED) is 0.737. The molecule has 0 spiro atoms. The third-order valence-electron chi connectivity index (χ3n) is 1.75. The van der Waals surface area contributed by atoms with E-state index in [0.717, 1.165) is 16.5 Å². The lowest BCUT2D eigenvalue weighted by Gasteiger charge is -1.93. The number of furan rings is 1. The van der Waals surface area contributed by atoms with Gasteiger partial charge >= 0.3 is 0 Å². The molecule has 12 heavy (non-hydrogen) atoms. The van der Waals surface area contributed by atoms with Gasteiger partial charge in [0.05, 0.1) is 6.26 Å². The Hall–Kier alpha value is -0.990. The van der Waals surface area contributed by atoms with Gasteiger partial charge in [0.2, 0.25) is 0 Å². The Bertz CT molecular complexity index is 369. The van der Waals surface area contributed by atoms with Crippen molar-refractivity contribution in [1.29, 1.82) is 0 Å². The molecule has 0 unspecified atom stereocenters. The number of fused-ring (bicyclic) bond motifs is 1. The van der Waals surface area contributed by atoms with Gasteiger partial charge in [-0.1, -0.05) is 6.07 Å². The molecule has 0 saturated carbocycles. The van der Waals surface area contributed by atoms with Crippen LogP contribution >= 0.6 is 12.4 Å². The molecule has 64 valence electrons. The second-order valence-corrected chi connectivity index (χ2v) is 2.50. The van der Waals surface area contributed by atoms with E-state index in [2.05, 4.69) is 0 Å². The maximum Gasteiger partial charge on any atom is 0.133 e. The van der Waals surface area contributed by atoms with Crippen molar-refractivity contribution in [2.45, 2.75) is 6.54 Å². The van der Waals surface area contributed by atoms with Crippen molar-refractivity contribution in [2.24, 2.45) is 5.73 Å². The van der Waals surface area contributed by atoms with Gasteiger partial charge in [-0.15, -0.1) is 12.4 Å². The first kappa shape index (κ1) is 9.10. The molecule has 0 aliphatic heterocycles. The highest BCUT2D eigenvalue weighted by Gasteiger charge is 1.95. The van der Waals surface area contributed by atoms with Crippen molar-refractivity contribution >= 4 is 23.4 Å². The van der Waals surface area contributed by atoms with E-state index < -0.39 is 0 Å². The van der Waals surface area contributed by atoms with E-state index in [9.17, 15) is 0 Å². The van der Waals surface area contributed by atoms with Crippen LogP contribution in [0.3, 0.4) is 0 Å². The van der Waals surface area contributed by atoms with Crippen molar-refractivity contribution in [3.63, 3.8) is 0 Å². The highest BCUT2D eigenvalue weighted by atomic mass is 35.5. The predicted molar refractivity (Wildman–Crippen MR) is 51.4 cm³/mol. The van der Waals surface area contributed by atoms with E-state index in [4.69, 9.17) is 10.2 Å². The average molecular weight is 184 g/mol. The smallest absolute Gasteiger partial charge is 0.133 e. The molecule has 2 nitrogen and oxygen atoms in total. The van der Waals surface area contributed by atoms with Crippen molar-refractivity contribution < 1.29 is 4.42 Å². The average Bonchev–Trinajstić information content (AvgIpc) is 2.50. The van der Waals surface area contributed by atoms with Crippen molar-refractivity contribution in [3.05, 3.63) is 36.1 Å². The van der Waals surface area contributed by atoms with Crippen LogP contribution in [-0.2, 0) is 6.54 Å². The number of rotatable bonds is 1. The number of nitrogens with two attached hydrogens (primary N) is 1. The monoisotopic (exact) mass is 183 g/mol. The van der Waals surface area contributed by atoms with Crippen LogP contribution in [-0.4, -0.2) is 0 Å². The molecule has 0 radical (unpaired) electrons. The van der Waals surface area contributed by atoms with Crippen LogP contribution in [0.1, 0.15) is 5.56 Å². The molecule has 0 fully saturated rings. The molecule has 2 rings (SSSR count). The number of hydrogen-bond donors (Lipinski definition) is 1. The molecular weight excluding hydrogens is 174 g/mol. The fraction of sp³-hybridized carbons (Fsp3) is 0.111. The highest BCUT2D eigenvalue weighted by molar-refractivity contribution is 5.85. The van der Waals surface area contributed by atoms with Gasteiger partial charge in [0.25, 0.3) is 0 Å². The minimum absolute atomic E-state index is 0. The minimum Gasteiger partial charge on any atom is -0.464 e. The Morgan fingerprint density at radius 2 is 2.08 bits per heavy atom. The van der Waals surface area contributed by atoms with Gasteiger partial charge in [-0.25, -0.2) is 0 Å². The largest absolute Gasteiger partial charge is 0.464 e. The first-order valence-electron chi connectivity index (χ1n) is 3.56. The molecule has 1 heterocycles. The molecule has 0 aliphatic rings. The second kappa shape index (κ2) is 3.61. The minimum atomic E-state index is 0. The standard InChI is InChI=1S/C9H9NO.ClH/c10-6-7-1-2-9-8(5-7)3-4-11-9;/h1-5H,6,10H2;1H. The highest BCUT2D eigenvalue weighted by Crippen LogP contribution is 2.16. The molecule has 0 bridgehead atoms. The van der Waals surface area contributed by atoms with E-state index in [-0.39, 0.29) is 12.4 Å². The Kier molecular flexibility index (Phi) is 2.74. The Balaban J connectivity index is 0.000000720. The third-order valence-corrected chi connectivity index (χ3v) is 1.75. The SMILES string of the molecule is Cl.NCc1ccc2occc2c1. The lowest BCUT2D eigenvalue weighted by molar-refractivity contribution is 0.616. The number of benzene rings is 1. The zero-order chi connectivity index (χ0) is 7.68. The molecule has 1 aromatic carbocycles. The van der Waals surface area contributed by atoms with Crippen LogP contribution in [0.5, 0.6) is 0 Å². The topological polar surface area (TPSA) is 39.2 Å². The third kappa shape index (κ3) is 1.44. The lowest BCUT2D eigenvalue weighted by atomic mass is 10.2. The van der Waals surface area contributed by atoms with Crippen LogP contribution in [0.4, 0.5) is 0 Å². The zero-order valence-electron chi connectivity index (χ0n) is 6.49. The van der Waals surface area contributed by atoms with Crippen molar-refractivity contribution in [2.75, 3.05) is 0 Å². The summed E-state index contributed by atoms with van der Waals surface area (Å²) in [7, 11) is 0. The molecule has 0 atom stereocenters. The molecule has 3 heteroatoms. The summed E-state index contributed by atoms with van der Waals surface area (Å²) in [4.78, 5) is 0. The van der Waals surface area contributed by atoms with Gasteiger partial charge in [-0.05, 0) is 23.8 Å². The van der Waals surface area contributed by atoms with E-state index in [1.165, 1.54) is 0 Å². The van der Waals surface area contributed by atoms with Crippen LogP contribution in [0.25, 0.3) is 11.0 Å². The first-order chi connectivity index (χ1) is 5.40. The fourth-order valence-corrected chi connectivity index (χ4v) is 1.14. The molecule has 0 amide bonds. The molecule has 2 aromatic rings. The first-order valence-corrected chi connectivity index (χ1v) is 3.56. The zero-order valence-corrected chi connectivity index (χ0v) is 7.30. The predicted octanol–water partition coefficient (Wildman–Crippen LogP) is 2.31. The van der Waals surface area contributed by atoms with E-state index in [1.807, 2.05) is 24.3 Å². The second-order valence-electron chi connectivity index (χ2n) is 2.50. The summed E-state index contributed by atoms with van der Waals surface area (Å²) in [6.45, 7) is 0.584. The lowest BCUT2D eigenvalue weighted by Crippen LogP contribution is -1.94. The maximum atomic E-state index is 5.48. The van der Waals surface area contributed by atoms with Crippen LogP contribution in [0.2, 0.25) is 0 Å². The fourth-order valence-electron chi connectivity index (χ4n) is 1.14. The Morgan fingerprint density at radius 1 is 1.25 bits per heavy atom. The Labute approximate surface area is 76.8 Å². The van der Waals surface area contributed by atoms with Crippen LogP contribution < -0.4 is 5.73 Å². The number of halogens is 1. The molecule has 0 aliphatic carbocycles. The van der Waals surface area contributed by atoms with Crippen molar-refractivity contribution in [3.8, 4) is 0 Å². The number of hydrogen-bond acceptors (Lipinski definition) is 2. The maximum absolute atomic E-state index is 5.48. The summed E-state index contributed by atoms with van der Waals surface area (Å²) in [5, 5.41) is 1.12. The van der Waals surface area contributed by atoms with Gasteiger partial charge in [0.1, 0.15) is 5.58 Å². The summed E-state index contributed by atoms with van der Waals surface area (Å²) in [5.74, 6) is 0. The van der Waals surface area contributed by atoms with Gasteiger partial charge in [0.15, 0.2) is 0 Å². The van der Waals surface area contributed by atoms with E-state index >= 15 is 0 Å². The molecule has 0 saturated heterocycles. The Morgan fingerprint density at radius 3 is 2.83 bits per heavy atom. The molecular formula is C9H10ClNO. The normalized spacial score (nSPS) is 9.75. The summed E-state index contributed by atoms with van der Waals surface area (Å²) >= 11 is 0. The summed E-state index contributed by atoms with van der Waals surface area (Å²) < 4.78 is 5.18. The molecule has 1 aromatic heterocycles. The van der Waals surface area contributed by atoms with Gasteiger partial charge < -0.3 is 10.2 Å². The summed E-state index contributed by atoms with van der Waals surface area (Å²) in [6.07, 6.45) is 1.69. The van der Waals surface area contributed by atoms with Crippen molar-refractivity contribution in [1.82, 2.24) is 0 Å². The molecule has 2 N–H and O–H groups in total. The van der Waals surface area contributed by atoms with E-state index in [0.29, 0.717) is 6.54 Å². The van der Waals surface area contributed by atoms with E-state index in [1.54, 1.807) is 6.26 Å². The van der Waals surface area contributed by atoms with Gasteiger partial charge in [-0.3, -0.25) is 0 Å². The summed E-state index contributed by atoms with van der Waals surface area (Å²) in [5.41, 5.74) is 7.54.